The number of fused-ring (bicyclic) bond motifs is 1. The fraction of sp³-hybridized carbons (Fsp3) is 0.333. The standard InChI is InChI=1S/C9H11N.ClH/c1-2-4-9-7-10-6-5-8(9)3-1;/h1-4,10H,5-7H2;1H. The number of benzene rings is 1. The quantitative estimate of drug-likeness (QED) is 0.624. The Balaban J connectivity index is 0.000000605. The molecule has 0 amide bonds. The van der Waals surface area contributed by atoms with Crippen molar-refractivity contribution in [1.82, 2.24) is 5.32 Å². The highest BCUT2D eigenvalue weighted by molar-refractivity contribution is 5.85. The third-order valence-electron chi connectivity index (χ3n) is 2.00. The van der Waals surface area contributed by atoms with Gasteiger partial charge in [-0.05, 0) is 24.1 Å². The summed E-state index contributed by atoms with van der Waals surface area (Å²) in [5.74, 6) is 0. The summed E-state index contributed by atoms with van der Waals surface area (Å²) in [4.78, 5) is 0. The van der Waals surface area contributed by atoms with Crippen LogP contribution in [0, 0.1) is 0 Å². The molecule has 1 nitrogen and oxygen atoms in total. The molecule has 2 rings (SSSR count). The second kappa shape index (κ2) is 3.74. The van der Waals surface area contributed by atoms with Crippen molar-refractivity contribution in [3.05, 3.63) is 35.4 Å². The fourth-order valence-electron chi connectivity index (χ4n) is 1.42. The zero-order valence-corrected chi connectivity index (χ0v) is 7.16. The minimum atomic E-state index is 0. The van der Waals surface area contributed by atoms with Crippen molar-refractivity contribution >= 4 is 12.4 Å². The molecule has 11 heavy (non-hydrogen) atoms. The molecule has 0 saturated carbocycles. The van der Waals surface area contributed by atoms with Gasteiger partial charge in [-0.1, -0.05) is 24.3 Å². The zero-order valence-electron chi connectivity index (χ0n) is 6.34. The lowest BCUT2D eigenvalue weighted by atomic mass is 10.0. The second-order valence-corrected chi connectivity index (χ2v) is 2.70. The van der Waals surface area contributed by atoms with E-state index in [1.54, 1.807) is 0 Å². The molecule has 1 N–H and O–H groups in total. The van der Waals surface area contributed by atoms with E-state index >= 15 is 0 Å². The summed E-state index contributed by atoms with van der Waals surface area (Å²) in [5.41, 5.74) is 2.98. The Labute approximate surface area is 73.2 Å². The molecule has 0 aliphatic carbocycles. The zero-order chi connectivity index (χ0) is 6.81. The summed E-state index contributed by atoms with van der Waals surface area (Å²) < 4.78 is 0. The summed E-state index contributed by atoms with van der Waals surface area (Å²) in [6.45, 7) is 2.19. The first-order chi connectivity index (χ1) is 4.97. The van der Waals surface area contributed by atoms with E-state index in [4.69, 9.17) is 0 Å². The van der Waals surface area contributed by atoms with Crippen LogP contribution < -0.4 is 5.32 Å². The Kier molecular flexibility index (Phi) is 2.92. The number of hydrogen-bond acceptors (Lipinski definition) is 1. The van der Waals surface area contributed by atoms with Crippen LogP contribution in [0.4, 0.5) is 0 Å². The monoisotopic (exact) mass is 169 g/mol. The molecule has 0 spiro atoms. The summed E-state index contributed by atoms with van der Waals surface area (Å²) in [5, 5.41) is 3.34. The summed E-state index contributed by atoms with van der Waals surface area (Å²) in [7, 11) is 0. The molecular weight excluding hydrogens is 158 g/mol. The molecule has 1 aromatic rings. The lowest BCUT2D eigenvalue weighted by Gasteiger charge is -2.15. The smallest absolute Gasteiger partial charge is 0.0208 e. The van der Waals surface area contributed by atoms with Crippen molar-refractivity contribution < 1.29 is 0 Å². The van der Waals surface area contributed by atoms with Crippen LogP contribution in [-0.4, -0.2) is 6.54 Å². The van der Waals surface area contributed by atoms with E-state index in [0.29, 0.717) is 0 Å². The predicted molar refractivity (Wildman–Crippen MR) is 49.1 cm³/mol. The molecular formula is C9H12ClN. The van der Waals surface area contributed by atoms with E-state index in [9.17, 15) is 0 Å². The van der Waals surface area contributed by atoms with Crippen LogP contribution in [0.5, 0.6) is 0 Å². The number of rotatable bonds is 0. The van der Waals surface area contributed by atoms with E-state index in [-0.39, 0.29) is 12.4 Å². The van der Waals surface area contributed by atoms with Crippen molar-refractivity contribution in [3.63, 3.8) is 0 Å². The van der Waals surface area contributed by atoms with Gasteiger partial charge in [-0.25, -0.2) is 0 Å². The van der Waals surface area contributed by atoms with Gasteiger partial charge < -0.3 is 5.32 Å². The summed E-state index contributed by atoms with van der Waals surface area (Å²) in [6.07, 6.45) is 1.19. The predicted octanol–water partition coefficient (Wildman–Crippen LogP) is 1.75. The average molecular weight is 170 g/mol. The van der Waals surface area contributed by atoms with Crippen LogP contribution in [-0.2, 0) is 13.0 Å². The van der Waals surface area contributed by atoms with E-state index in [1.165, 1.54) is 17.5 Å². The third kappa shape index (κ3) is 1.73. The average Bonchev–Trinajstić information content (AvgIpc) is 2.05. The number of hydrogen-bond donors (Lipinski definition) is 1. The fourth-order valence-corrected chi connectivity index (χ4v) is 1.42. The van der Waals surface area contributed by atoms with Crippen molar-refractivity contribution in [2.24, 2.45) is 0 Å². The Hall–Kier alpha value is -0.530. The van der Waals surface area contributed by atoms with E-state index in [1.807, 2.05) is 0 Å². The molecule has 0 radical (unpaired) electrons. The Morgan fingerprint density at radius 2 is 1.82 bits per heavy atom. The molecule has 1 aliphatic heterocycles. The second-order valence-electron chi connectivity index (χ2n) is 2.70. The van der Waals surface area contributed by atoms with Crippen molar-refractivity contribution in [2.45, 2.75) is 13.0 Å². The maximum atomic E-state index is 3.34. The Morgan fingerprint density at radius 1 is 1.09 bits per heavy atom. The first-order valence-electron chi connectivity index (χ1n) is 3.74. The topological polar surface area (TPSA) is 12.0 Å². The molecule has 0 fully saturated rings. The van der Waals surface area contributed by atoms with Crippen LogP contribution in [0.15, 0.2) is 24.3 Å². The minimum Gasteiger partial charge on any atom is -0.312 e. The minimum absolute atomic E-state index is 0. The molecule has 0 saturated heterocycles. The molecule has 1 heterocycles. The molecule has 1 aliphatic rings. The van der Waals surface area contributed by atoms with Gasteiger partial charge in [0, 0.05) is 6.54 Å². The summed E-state index contributed by atoms with van der Waals surface area (Å²) >= 11 is 0. The van der Waals surface area contributed by atoms with Crippen molar-refractivity contribution in [3.8, 4) is 0 Å². The van der Waals surface area contributed by atoms with Gasteiger partial charge in [-0.15, -0.1) is 12.4 Å². The first kappa shape index (κ1) is 8.57. The van der Waals surface area contributed by atoms with Gasteiger partial charge >= 0.3 is 0 Å². The van der Waals surface area contributed by atoms with E-state index in [0.717, 1.165) is 13.1 Å². The molecule has 2 heteroatoms. The van der Waals surface area contributed by atoms with Gasteiger partial charge in [0.2, 0.25) is 0 Å². The lowest BCUT2D eigenvalue weighted by molar-refractivity contribution is 0.644. The van der Waals surface area contributed by atoms with Crippen LogP contribution in [0.2, 0.25) is 0 Å². The highest BCUT2D eigenvalue weighted by Gasteiger charge is 2.05. The van der Waals surface area contributed by atoms with Crippen LogP contribution >= 0.6 is 12.4 Å². The number of halogens is 1. The molecule has 0 aromatic heterocycles. The third-order valence-corrected chi connectivity index (χ3v) is 2.00. The van der Waals surface area contributed by atoms with Gasteiger partial charge in [0.1, 0.15) is 0 Å². The van der Waals surface area contributed by atoms with Gasteiger partial charge in [-0.2, -0.15) is 0 Å². The van der Waals surface area contributed by atoms with Crippen LogP contribution in [0.25, 0.3) is 0 Å². The maximum absolute atomic E-state index is 3.34. The SMILES string of the molecule is Cl.c1ccc2c(c1)CCNC2. The van der Waals surface area contributed by atoms with Crippen molar-refractivity contribution in [1.29, 1.82) is 0 Å². The highest BCUT2D eigenvalue weighted by atomic mass is 35.5. The largest absolute Gasteiger partial charge is 0.312 e. The van der Waals surface area contributed by atoms with E-state index < -0.39 is 0 Å². The van der Waals surface area contributed by atoms with Gasteiger partial charge in [0.15, 0.2) is 0 Å². The highest BCUT2D eigenvalue weighted by Crippen LogP contribution is 2.11. The lowest BCUT2D eigenvalue weighted by Crippen LogP contribution is -2.23. The van der Waals surface area contributed by atoms with E-state index in [2.05, 4.69) is 29.6 Å². The van der Waals surface area contributed by atoms with Crippen LogP contribution in [0.1, 0.15) is 11.1 Å². The molecule has 1 aromatic carbocycles. The van der Waals surface area contributed by atoms with Crippen molar-refractivity contribution in [2.75, 3.05) is 6.54 Å². The molecule has 0 bridgehead atoms. The first-order valence-corrected chi connectivity index (χ1v) is 3.74. The van der Waals surface area contributed by atoms with Gasteiger partial charge in [0.25, 0.3) is 0 Å². The molecule has 60 valence electrons. The van der Waals surface area contributed by atoms with Crippen LogP contribution in [0.3, 0.4) is 0 Å². The Bertz CT molecular complexity index is 210. The molecule has 0 atom stereocenters. The maximum Gasteiger partial charge on any atom is 0.0208 e. The van der Waals surface area contributed by atoms with Gasteiger partial charge in [-0.3, -0.25) is 0 Å². The molecule has 0 unspecified atom stereocenters. The summed E-state index contributed by atoms with van der Waals surface area (Å²) in [6, 6.07) is 8.63. The van der Waals surface area contributed by atoms with Gasteiger partial charge in [0.05, 0.1) is 0 Å². The number of nitrogens with one attached hydrogen (secondary N) is 1. The normalized spacial score (nSPS) is 14.9. The Morgan fingerprint density at radius 3 is 2.55 bits per heavy atom.